The summed E-state index contributed by atoms with van der Waals surface area (Å²) in [7, 11) is 0. The summed E-state index contributed by atoms with van der Waals surface area (Å²) in [5, 5.41) is 10.0. The van der Waals surface area contributed by atoms with Gasteiger partial charge in [0.05, 0.1) is 5.60 Å². The van der Waals surface area contributed by atoms with Crippen molar-refractivity contribution in [3.63, 3.8) is 0 Å². The van der Waals surface area contributed by atoms with E-state index in [0.29, 0.717) is 6.42 Å². The smallest absolute Gasteiger partial charge is 0.130 e. The highest BCUT2D eigenvalue weighted by molar-refractivity contribution is 5.76. The van der Waals surface area contributed by atoms with E-state index in [-0.39, 0.29) is 11.2 Å². The fourth-order valence-corrected chi connectivity index (χ4v) is 2.22. The van der Waals surface area contributed by atoms with Crippen molar-refractivity contribution in [1.29, 1.82) is 0 Å². The zero-order valence-corrected chi connectivity index (χ0v) is 8.18. The molecule has 0 aromatic heterocycles. The molecule has 2 heteroatoms. The third kappa shape index (κ3) is 1.53. The Morgan fingerprint density at radius 1 is 1.42 bits per heavy atom. The third-order valence-corrected chi connectivity index (χ3v) is 3.33. The average Bonchev–Trinajstić information content (AvgIpc) is 2.05. The molecule has 0 saturated heterocycles. The van der Waals surface area contributed by atoms with Crippen molar-refractivity contribution in [2.75, 3.05) is 0 Å². The first-order chi connectivity index (χ1) is 5.37. The predicted molar refractivity (Wildman–Crippen MR) is 47.9 cm³/mol. The van der Waals surface area contributed by atoms with Crippen LogP contribution in [0.2, 0.25) is 0 Å². The molecule has 1 aliphatic rings. The minimum atomic E-state index is -0.640. The number of rotatable bonds is 2. The molecule has 0 amide bonds. The van der Waals surface area contributed by atoms with Crippen molar-refractivity contribution in [3.05, 3.63) is 0 Å². The summed E-state index contributed by atoms with van der Waals surface area (Å²) in [6.45, 7) is 5.46. The minimum Gasteiger partial charge on any atom is -0.390 e. The molecule has 1 N–H and O–H groups in total. The van der Waals surface area contributed by atoms with Gasteiger partial charge >= 0.3 is 0 Å². The van der Waals surface area contributed by atoms with Crippen molar-refractivity contribution in [2.24, 2.45) is 5.41 Å². The highest BCUT2D eigenvalue weighted by atomic mass is 16.3. The fourth-order valence-electron chi connectivity index (χ4n) is 2.22. The lowest BCUT2D eigenvalue weighted by molar-refractivity contribution is -0.123. The van der Waals surface area contributed by atoms with Crippen LogP contribution in [0.5, 0.6) is 0 Å². The van der Waals surface area contributed by atoms with Gasteiger partial charge < -0.3 is 9.90 Å². The van der Waals surface area contributed by atoms with Crippen molar-refractivity contribution < 1.29 is 9.90 Å². The average molecular weight is 170 g/mol. The van der Waals surface area contributed by atoms with E-state index < -0.39 is 5.60 Å². The molecule has 12 heavy (non-hydrogen) atoms. The van der Waals surface area contributed by atoms with Gasteiger partial charge in [0, 0.05) is 11.8 Å². The molecule has 1 fully saturated rings. The Labute approximate surface area is 74.0 Å². The molecule has 2 unspecified atom stereocenters. The number of hydrogen-bond acceptors (Lipinski definition) is 2. The topological polar surface area (TPSA) is 37.3 Å². The SMILES string of the molecule is CC(=O)CC1(C)CCCC1(C)O. The minimum absolute atomic E-state index is 0.180. The number of Topliss-reactive ketones (excluding diaryl/α,β-unsaturated/α-hetero) is 1. The molecule has 0 aromatic carbocycles. The molecule has 1 rings (SSSR count). The standard InChI is InChI=1S/C10H18O2/c1-8(11)7-9(2)5-4-6-10(9,3)12/h12H,4-7H2,1-3H3. The van der Waals surface area contributed by atoms with Gasteiger partial charge in [-0.05, 0) is 33.1 Å². The van der Waals surface area contributed by atoms with E-state index in [1.54, 1.807) is 6.92 Å². The van der Waals surface area contributed by atoms with Crippen LogP contribution < -0.4 is 0 Å². The Morgan fingerprint density at radius 2 is 2.00 bits per heavy atom. The van der Waals surface area contributed by atoms with Crippen LogP contribution in [0.4, 0.5) is 0 Å². The molecule has 0 aliphatic heterocycles. The Hall–Kier alpha value is -0.370. The van der Waals surface area contributed by atoms with Gasteiger partial charge in [0.25, 0.3) is 0 Å². The molecule has 1 aliphatic carbocycles. The highest BCUT2D eigenvalue weighted by Gasteiger charge is 2.47. The Morgan fingerprint density at radius 3 is 2.33 bits per heavy atom. The van der Waals surface area contributed by atoms with Crippen molar-refractivity contribution in [1.82, 2.24) is 0 Å². The van der Waals surface area contributed by atoms with Crippen molar-refractivity contribution in [3.8, 4) is 0 Å². The zero-order valence-electron chi connectivity index (χ0n) is 8.18. The lowest BCUT2D eigenvalue weighted by atomic mass is 9.74. The molecule has 2 nitrogen and oxygen atoms in total. The number of ketones is 1. The first-order valence-corrected chi connectivity index (χ1v) is 4.59. The summed E-state index contributed by atoms with van der Waals surface area (Å²) < 4.78 is 0. The molecule has 0 heterocycles. The van der Waals surface area contributed by atoms with Crippen LogP contribution in [0, 0.1) is 5.41 Å². The largest absolute Gasteiger partial charge is 0.390 e. The molecule has 0 spiro atoms. The van der Waals surface area contributed by atoms with E-state index in [9.17, 15) is 9.90 Å². The lowest BCUT2D eigenvalue weighted by Crippen LogP contribution is -2.40. The Bertz CT molecular complexity index is 196. The summed E-state index contributed by atoms with van der Waals surface area (Å²) in [6.07, 6.45) is 3.35. The van der Waals surface area contributed by atoms with Crippen LogP contribution in [0.1, 0.15) is 46.5 Å². The van der Waals surface area contributed by atoms with Gasteiger partial charge in [-0.1, -0.05) is 6.92 Å². The Balaban J connectivity index is 2.75. The van der Waals surface area contributed by atoms with Gasteiger partial charge in [-0.3, -0.25) is 0 Å². The van der Waals surface area contributed by atoms with E-state index in [2.05, 4.69) is 0 Å². The molecular weight excluding hydrogens is 152 g/mol. The monoisotopic (exact) mass is 170 g/mol. The summed E-state index contributed by atoms with van der Waals surface area (Å²) >= 11 is 0. The third-order valence-electron chi connectivity index (χ3n) is 3.33. The predicted octanol–water partition coefficient (Wildman–Crippen LogP) is 1.91. The molecule has 0 bridgehead atoms. The first-order valence-electron chi connectivity index (χ1n) is 4.59. The summed E-state index contributed by atoms with van der Waals surface area (Å²) in [4.78, 5) is 11.0. The van der Waals surface area contributed by atoms with Crippen molar-refractivity contribution >= 4 is 5.78 Å². The molecule has 0 aromatic rings. The Kier molecular flexibility index (Phi) is 2.30. The van der Waals surface area contributed by atoms with Gasteiger partial charge in [0.1, 0.15) is 5.78 Å². The number of carbonyl (C=O) groups excluding carboxylic acids is 1. The van der Waals surface area contributed by atoms with Gasteiger partial charge in [0.2, 0.25) is 0 Å². The van der Waals surface area contributed by atoms with E-state index in [1.165, 1.54) is 0 Å². The number of hydrogen-bond donors (Lipinski definition) is 1. The maximum atomic E-state index is 11.0. The van der Waals surface area contributed by atoms with Gasteiger partial charge in [-0.15, -0.1) is 0 Å². The fraction of sp³-hybridized carbons (Fsp3) is 0.900. The summed E-state index contributed by atoms with van der Waals surface area (Å²) in [6, 6.07) is 0. The van der Waals surface area contributed by atoms with Crippen LogP contribution in [0.15, 0.2) is 0 Å². The van der Waals surface area contributed by atoms with Crippen LogP contribution >= 0.6 is 0 Å². The second-order valence-corrected chi connectivity index (χ2v) is 4.57. The van der Waals surface area contributed by atoms with E-state index in [4.69, 9.17) is 0 Å². The molecule has 70 valence electrons. The van der Waals surface area contributed by atoms with Gasteiger partial charge in [0.15, 0.2) is 0 Å². The van der Waals surface area contributed by atoms with Crippen LogP contribution in [-0.4, -0.2) is 16.5 Å². The summed E-state index contributed by atoms with van der Waals surface area (Å²) in [5.74, 6) is 0.180. The van der Waals surface area contributed by atoms with Crippen LogP contribution in [0.25, 0.3) is 0 Å². The van der Waals surface area contributed by atoms with Gasteiger partial charge in [-0.25, -0.2) is 0 Å². The lowest BCUT2D eigenvalue weighted by Gasteiger charge is -2.36. The molecule has 0 radical (unpaired) electrons. The first kappa shape index (κ1) is 9.72. The second kappa shape index (κ2) is 2.84. The molecular formula is C10H18O2. The number of carbonyl (C=O) groups is 1. The van der Waals surface area contributed by atoms with E-state index in [0.717, 1.165) is 19.3 Å². The summed E-state index contributed by atoms with van der Waals surface area (Å²) in [5.41, 5.74) is -0.822. The normalized spacial score (nSPS) is 41.7. The zero-order chi connectivity index (χ0) is 9.41. The quantitative estimate of drug-likeness (QED) is 0.687. The van der Waals surface area contributed by atoms with Gasteiger partial charge in [-0.2, -0.15) is 0 Å². The van der Waals surface area contributed by atoms with E-state index in [1.807, 2.05) is 13.8 Å². The molecule has 1 saturated carbocycles. The van der Waals surface area contributed by atoms with Crippen LogP contribution in [0.3, 0.4) is 0 Å². The van der Waals surface area contributed by atoms with E-state index >= 15 is 0 Å². The second-order valence-electron chi connectivity index (χ2n) is 4.57. The number of aliphatic hydroxyl groups is 1. The van der Waals surface area contributed by atoms with Crippen LogP contribution in [-0.2, 0) is 4.79 Å². The maximum Gasteiger partial charge on any atom is 0.130 e. The molecule has 2 atom stereocenters. The highest BCUT2D eigenvalue weighted by Crippen LogP contribution is 2.48. The van der Waals surface area contributed by atoms with Crippen molar-refractivity contribution in [2.45, 2.75) is 52.1 Å². The maximum absolute atomic E-state index is 11.0.